The van der Waals surface area contributed by atoms with E-state index >= 15 is 4.79 Å². The number of alkyl halides is 6. The second kappa shape index (κ2) is 15.7. The molecule has 2 aliphatic heterocycles. The predicted molar refractivity (Wildman–Crippen MR) is 193 cm³/mol. The third kappa shape index (κ3) is 8.81. The smallest absolute Gasteiger partial charge is 0.369 e. The van der Waals surface area contributed by atoms with Gasteiger partial charge in [0.1, 0.15) is 5.78 Å². The third-order valence-electron chi connectivity index (χ3n) is 10.5. The van der Waals surface area contributed by atoms with Crippen molar-refractivity contribution in [2.75, 3.05) is 75.2 Å². The third-order valence-corrected chi connectivity index (χ3v) is 10.5. The fourth-order valence-corrected chi connectivity index (χ4v) is 7.53. The van der Waals surface area contributed by atoms with E-state index in [-0.39, 0.29) is 5.78 Å². The lowest BCUT2D eigenvalue weighted by Gasteiger charge is -2.40. The second-order valence-corrected chi connectivity index (χ2v) is 13.9. The number of hydrogen-bond acceptors (Lipinski definition) is 5. The summed E-state index contributed by atoms with van der Waals surface area (Å²) in [5.74, 6) is -0.793. The van der Waals surface area contributed by atoms with Crippen molar-refractivity contribution in [3.8, 4) is 0 Å². The minimum Gasteiger partial charge on any atom is -0.369 e. The fourth-order valence-electron chi connectivity index (χ4n) is 7.53. The van der Waals surface area contributed by atoms with Crippen molar-refractivity contribution in [3.05, 3.63) is 130 Å². The molecule has 11 heteroatoms. The van der Waals surface area contributed by atoms with Crippen LogP contribution in [0.15, 0.2) is 97.1 Å². The Morgan fingerprint density at radius 2 is 0.904 bits per heavy atom. The van der Waals surface area contributed by atoms with Gasteiger partial charge in [-0.05, 0) is 72.5 Å². The summed E-state index contributed by atoms with van der Waals surface area (Å²) >= 11 is 0. The van der Waals surface area contributed by atoms with Gasteiger partial charge in [0.25, 0.3) is 0 Å². The van der Waals surface area contributed by atoms with E-state index in [1.54, 1.807) is 12.1 Å². The summed E-state index contributed by atoms with van der Waals surface area (Å²) in [6.45, 7) is 9.50. The van der Waals surface area contributed by atoms with Crippen molar-refractivity contribution in [2.45, 2.75) is 38.0 Å². The average molecular weight is 723 g/mol. The van der Waals surface area contributed by atoms with Crippen LogP contribution in [0.1, 0.15) is 45.2 Å². The van der Waals surface area contributed by atoms with Gasteiger partial charge in [-0.1, -0.05) is 60.7 Å². The number of piperazine rings is 2. The zero-order chi connectivity index (χ0) is 37.0. The van der Waals surface area contributed by atoms with E-state index in [1.807, 2.05) is 72.2 Å². The van der Waals surface area contributed by atoms with E-state index in [0.29, 0.717) is 76.8 Å². The normalized spacial score (nSPS) is 17.6. The molecule has 276 valence electrons. The Balaban J connectivity index is 1.20. The lowest BCUT2D eigenvalue weighted by Crippen LogP contribution is -2.50. The molecule has 0 N–H and O–H groups in total. The van der Waals surface area contributed by atoms with Crippen molar-refractivity contribution >= 4 is 17.2 Å². The largest absolute Gasteiger partial charge is 0.416 e. The van der Waals surface area contributed by atoms with E-state index in [2.05, 4.69) is 9.80 Å². The number of hydrogen-bond donors (Lipinski definition) is 0. The number of benzene rings is 4. The van der Waals surface area contributed by atoms with Crippen molar-refractivity contribution in [1.82, 2.24) is 9.80 Å². The molecular weight excluding hydrogens is 678 g/mol. The topological polar surface area (TPSA) is 30.0 Å². The number of Topliss-reactive ketones (excluding diaryl/α,β-unsaturated/α-hetero) is 1. The second-order valence-electron chi connectivity index (χ2n) is 13.9. The zero-order valence-electron chi connectivity index (χ0n) is 29.4. The SMILES string of the molecule is Cc1ccccc1C(CN1CCN(c2cccc(C(F)(F)F)c2)CC1)C(=O)C(CN1CCN(c2cccc(C(F)(F)F)c2)CC1)c1ccccc1C. The van der Waals surface area contributed by atoms with Crippen LogP contribution in [0.5, 0.6) is 0 Å². The Kier molecular flexibility index (Phi) is 11.3. The molecule has 2 fully saturated rings. The summed E-state index contributed by atoms with van der Waals surface area (Å²) in [6, 6.07) is 26.7. The molecule has 0 spiro atoms. The number of ketones is 1. The summed E-state index contributed by atoms with van der Waals surface area (Å²) in [5, 5.41) is 0. The molecule has 2 heterocycles. The minimum atomic E-state index is -4.41. The molecule has 4 aromatic rings. The van der Waals surface area contributed by atoms with E-state index in [1.165, 1.54) is 24.3 Å². The predicted octanol–water partition coefficient (Wildman–Crippen LogP) is 8.42. The first kappa shape index (κ1) is 37.4. The van der Waals surface area contributed by atoms with Crippen LogP contribution in [0.25, 0.3) is 0 Å². The number of carbonyl (C=O) groups is 1. The molecule has 0 radical (unpaired) electrons. The molecule has 0 aromatic heterocycles. The number of nitrogens with zero attached hydrogens (tertiary/aromatic N) is 4. The molecule has 2 unspecified atom stereocenters. The first-order chi connectivity index (χ1) is 24.8. The van der Waals surface area contributed by atoms with Crippen LogP contribution < -0.4 is 9.80 Å². The molecule has 5 nitrogen and oxygen atoms in total. The van der Waals surface area contributed by atoms with Gasteiger partial charge in [-0.3, -0.25) is 14.6 Å². The standard InChI is InChI=1S/C41H44F6N4O/c1-29-9-3-5-15-35(29)37(27-48-17-21-50(22-18-48)33-13-7-11-31(25-33)40(42,43)44)39(52)38(36-16-6-4-10-30(36)2)28-49-19-23-51(24-20-49)34-14-8-12-32(26-34)41(45,46)47/h3-16,25-26,37-38H,17-24,27-28H2,1-2H3. The summed E-state index contributed by atoms with van der Waals surface area (Å²) in [5.41, 5.74) is 3.68. The molecule has 6 rings (SSSR count). The monoisotopic (exact) mass is 722 g/mol. The van der Waals surface area contributed by atoms with Crippen LogP contribution in [-0.4, -0.2) is 81.0 Å². The van der Waals surface area contributed by atoms with E-state index in [0.717, 1.165) is 34.4 Å². The van der Waals surface area contributed by atoms with Crippen LogP contribution in [0.2, 0.25) is 0 Å². The average Bonchev–Trinajstić information content (AvgIpc) is 3.13. The van der Waals surface area contributed by atoms with E-state index < -0.39 is 35.3 Å². The molecule has 4 aromatic carbocycles. The molecule has 2 atom stereocenters. The van der Waals surface area contributed by atoms with Crippen molar-refractivity contribution in [2.24, 2.45) is 0 Å². The van der Waals surface area contributed by atoms with Gasteiger partial charge in [-0.15, -0.1) is 0 Å². The number of halogens is 6. The van der Waals surface area contributed by atoms with Gasteiger partial charge in [0.2, 0.25) is 0 Å². The summed E-state index contributed by atoms with van der Waals surface area (Å²) in [6.07, 6.45) is -8.83. The molecule has 2 saturated heterocycles. The van der Waals surface area contributed by atoms with Crippen LogP contribution in [0.3, 0.4) is 0 Å². The highest BCUT2D eigenvalue weighted by molar-refractivity contribution is 5.93. The first-order valence-electron chi connectivity index (χ1n) is 17.7. The number of anilines is 2. The Hall–Kier alpha value is -4.35. The molecule has 0 aliphatic carbocycles. The Morgan fingerprint density at radius 1 is 0.538 bits per heavy atom. The quantitative estimate of drug-likeness (QED) is 0.154. The highest BCUT2D eigenvalue weighted by atomic mass is 19.4. The molecule has 2 aliphatic rings. The van der Waals surface area contributed by atoms with Gasteiger partial charge < -0.3 is 9.80 Å². The summed E-state index contributed by atoms with van der Waals surface area (Å²) < 4.78 is 80.5. The van der Waals surface area contributed by atoms with Crippen LogP contribution in [0.4, 0.5) is 37.7 Å². The van der Waals surface area contributed by atoms with Gasteiger partial charge in [0, 0.05) is 76.8 Å². The van der Waals surface area contributed by atoms with E-state index in [9.17, 15) is 26.3 Å². The Morgan fingerprint density at radius 3 is 1.25 bits per heavy atom. The van der Waals surface area contributed by atoms with E-state index in [4.69, 9.17) is 0 Å². The van der Waals surface area contributed by atoms with Crippen molar-refractivity contribution in [1.29, 1.82) is 0 Å². The van der Waals surface area contributed by atoms with Crippen LogP contribution >= 0.6 is 0 Å². The minimum absolute atomic E-state index is 0.101. The zero-order valence-corrected chi connectivity index (χ0v) is 29.4. The Labute approximate surface area is 301 Å². The maximum atomic E-state index is 15.0. The molecular formula is C41H44F6N4O. The highest BCUT2D eigenvalue weighted by Gasteiger charge is 2.36. The number of rotatable bonds is 10. The maximum Gasteiger partial charge on any atom is 0.416 e. The number of carbonyl (C=O) groups excluding carboxylic acids is 1. The lowest BCUT2D eigenvalue weighted by atomic mass is 9.80. The fraction of sp³-hybridized carbons (Fsp3) is 0.390. The summed E-state index contributed by atoms with van der Waals surface area (Å²) in [4.78, 5) is 23.4. The lowest BCUT2D eigenvalue weighted by molar-refractivity contribution is -0.138. The van der Waals surface area contributed by atoms with Gasteiger partial charge in [-0.2, -0.15) is 26.3 Å². The van der Waals surface area contributed by atoms with Gasteiger partial charge in [-0.25, -0.2) is 0 Å². The molecule has 0 saturated carbocycles. The van der Waals surface area contributed by atoms with Gasteiger partial charge in [0.05, 0.1) is 23.0 Å². The summed E-state index contributed by atoms with van der Waals surface area (Å²) in [7, 11) is 0. The van der Waals surface area contributed by atoms with Gasteiger partial charge in [0.15, 0.2) is 0 Å². The molecule has 0 bridgehead atoms. The molecule has 0 amide bonds. The van der Waals surface area contributed by atoms with Crippen molar-refractivity contribution in [3.63, 3.8) is 0 Å². The number of aryl methyl sites for hydroxylation is 2. The van der Waals surface area contributed by atoms with Crippen molar-refractivity contribution < 1.29 is 31.1 Å². The van der Waals surface area contributed by atoms with Crippen LogP contribution in [-0.2, 0) is 17.1 Å². The van der Waals surface area contributed by atoms with Crippen LogP contribution in [0, 0.1) is 13.8 Å². The Bertz CT molecular complexity index is 1700. The highest BCUT2D eigenvalue weighted by Crippen LogP contribution is 2.35. The maximum absolute atomic E-state index is 15.0. The first-order valence-corrected chi connectivity index (χ1v) is 17.7. The molecule has 52 heavy (non-hydrogen) atoms. The van der Waals surface area contributed by atoms with Gasteiger partial charge >= 0.3 is 12.4 Å².